The molecule has 0 aliphatic carbocycles. The summed E-state index contributed by atoms with van der Waals surface area (Å²) >= 11 is 6.06. The number of ether oxygens (including phenoxy) is 1. The smallest absolute Gasteiger partial charge is 0.295 e. The summed E-state index contributed by atoms with van der Waals surface area (Å²) in [6, 6.07) is 10.6. The lowest BCUT2D eigenvalue weighted by molar-refractivity contribution is 0.0811. The van der Waals surface area contributed by atoms with Crippen molar-refractivity contribution in [3.8, 4) is 11.8 Å². The van der Waals surface area contributed by atoms with E-state index in [-0.39, 0.29) is 34.5 Å². The Morgan fingerprint density at radius 2 is 2.12 bits per heavy atom. The van der Waals surface area contributed by atoms with Gasteiger partial charge in [-0.15, -0.1) is 0 Å². The second kappa shape index (κ2) is 8.57. The number of aryl methyl sites for hydroxylation is 1. The maximum Gasteiger partial charge on any atom is 0.295 e. The molecule has 34 heavy (non-hydrogen) atoms. The summed E-state index contributed by atoms with van der Waals surface area (Å²) in [7, 11) is 1.69. The first kappa shape index (κ1) is 22.6. The SMILES string of the molecule is CC[C@@H]1CN2c3c(c(=O)n(C)c4ccc(C#N)nc34)OC[C@@H]2CN1[C@@H](C)c1ccc(F)c(Cl)c1. The third kappa shape index (κ3) is 3.51. The maximum absolute atomic E-state index is 13.7. The molecule has 2 aliphatic heterocycles. The lowest BCUT2D eigenvalue weighted by Crippen LogP contribution is -2.62. The van der Waals surface area contributed by atoms with Gasteiger partial charge >= 0.3 is 0 Å². The average molecular weight is 482 g/mol. The molecule has 0 spiro atoms. The van der Waals surface area contributed by atoms with E-state index in [2.05, 4.69) is 34.7 Å². The topological polar surface area (TPSA) is 74.4 Å². The molecule has 176 valence electrons. The number of piperazine rings is 1. The zero-order valence-corrected chi connectivity index (χ0v) is 20.0. The predicted molar refractivity (Wildman–Crippen MR) is 129 cm³/mol. The van der Waals surface area contributed by atoms with Crippen LogP contribution in [0.25, 0.3) is 11.0 Å². The van der Waals surface area contributed by atoms with Gasteiger partial charge in [-0.25, -0.2) is 9.37 Å². The summed E-state index contributed by atoms with van der Waals surface area (Å²) in [5.41, 5.74) is 2.97. The quantitative estimate of drug-likeness (QED) is 0.562. The Labute approximate surface area is 201 Å². The van der Waals surface area contributed by atoms with Crippen molar-refractivity contribution in [3.05, 3.63) is 62.8 Å². The predicted octanol–water partition coefficient (Wildman–Crippen LogP) is 4.02. The van der Waals surface area contributed by atoms with Gasteiger partial charge in [-0.05, 0) is 43.2 Å². The number of rotatable bonds is 3. The van der Waals surface area contributed by atoms with Crippen LogP contribution in [0.4, 0.5) is 10.1 Å². The minimum atomic E-state index is -0.426. The number of hydrogen-bond acceptors (Lipinski definition) is 6. The van der Waals surface area contributed by atoms with Gasteiger partial charge in [0.15, 0.2) is 0 Å². The van der Waals surface area contributed by atoms with Gasteiger partial charge in [0, 0.05) is 32.2 Å². The molecule has 0 radical (unpaired) electrons. The molecule has 0 unspecified atom stereocenters. The monoisotopic (exact) mass is 481 g/mol. The largest absolute Gasteiger partial charge is 0.484 e. The van der Waals surface area contributed by atoms with Crippen LogP contribution in [0, 0.1) is 17.1 Å². The van der Waals surface area contributed by atoms with Gasteiger partial charge < -0.3 is 14.2 Å². The fourth-order valence-corrected chi connectivity index (χ4v) is 5.38. The van der Waals surface area contributed by atoms with Crippen LogP contribution in [0.5, 0.6) is 5.75 Å². The highest BCUT2D eigenvalue weighted by atomic mass is 35.5. The molecule has 0 amide bonds. The number of nitrogens with zero attached hydrogens (tertiary/aromatic N) is 5. The van der Waals surface area contributed by atoms with E-state index in [0.29, 0.717) is 42.1 Å². The second-order valence-corrected chi connectivity index (χ2v) is 9.35. The summed E-state index contributed by atoms with van der Waals surface area (Å²) in [5, 5.41) is 9.53. The molecular weight excluding hydrogens is 457 g/mol. The van der Waals surface area contributed by atoms with Crippen LogP contribution in [0.1, 0.15) is 37.6 Å². The fraction of sp³-hybridized carbons (Fsp3) is 0.400. The average Bonchev–Trinajstić information content (AvgIpc) is 2.86. The van der Waals surface area contributed by atoms with Crippen molar-refractivity contribution in [1.82, 2.24) is 14.5 Å². The van der Waals surface area contributed by atoms with E-state index in [1.54, 1.807) is 31.3 Å². The maximum atomic E-state index is 13.7. The van der Waals surface area contributed by atoms with Crippen LogP contribution < -0.4 is 15.2 Å². The molecular formula is C25H25ClFN5O2. The van der Waals surface area contributed by atoms with Crippen molar-refractivity contribution in [3.63, 3.8) is 0 Å². The molecule has 2 aromatic heterocycles. The van der Waals surface area contributed by atoms with E-state index in [4.69, 9.17) is 16.3 Å². The zero-order valence-electron chi connectivity index (χ0n) is 19.3. The summed E-state index contributed by atoms with van der Waals surface area (Å²) in [6.45, 7) is 5.99. The highest BCUT2D eigenvalue weighted by molar-refractivity contribution is 6.30. The highest BCUT2D eigenvalue weighted by Gasteiger charge is 2.41. The Balaban J connectivity index is 1.57. The van der Waals surface area contributed by atoms with Gasteiger partial charge in [0.25, 0.3) is 5.56 Å². The highest BCUT2D eigenvalue weighted by Crippen LogP contribution is 2.40. The summed E-state index contributed by atoms with van der Waals surface area (Å²) in [5.74, 6) is -0.139. The second-order valence-electron chi connectivity index (χ2n) is 8.94. The Morgan fingerprint density at radius 1 is 1.32 bits per heavy atom. The molecule has 3 atom stereocenters. The van der Waals surface area contributed by atoms with Crippen LogP contribution in [0.2, 0.25) is 5.02 Å². The van der Waals surface area contributed by atoms with E-state index in [9.17, 15) is 14.4 Å². The first-order valence-electron chi connectivity index (χ1n) is 11.4. The Hall–Kier alpha value is -3.15. The number of benzene rings is 1. The number of hydrogen-bond donors (Lipinski definition) is 0. The van der Waals surface area contributed by atoms with Crippen LogP contribution in [-0.2, 0) is 7.05 Å². The van der Waals surface area contributed by atoms with Gasteiger partial charge in [-0.3, -0.25) is 9.69 Å². The Morgan fingerprint density at radius 3 is 2.82 bits per heavy atom. The van der Waals surface area contributed by atoms with Crippen molar-refractivity contribution in [2.75, 3.05) is 24.6 Å². The van der Waals surface area contributed by atoms with Crippen molar-refractivity contribution >= 4 is 28.3 Å². The molecule has 0 N–H and O–H groups in total. The van der Waals surface area contributed by atoms with Gasteiger partial charge in [0.1, 0.15) is 35.4 Å². The summed E-state index contributed by atoms with van der Waals surface area (Å²) in [4.78, 5) is 22.3. The fourth-order valence-electron chi connectivity index (χ4n) is 5.20. The van der Waals surface area contributed by atoms with E-state index < -0.39 is 5.82 Å². The van der Waals surface area contributed by atoms with Crippen LogP contribution in [0.3, 0.4) is 0 Å². The summed E-state index contributed by atoms with van der Waals surface area (Å²) in [6.07, 6.45) is 0.887. The van der Waals surface area contributed by atoms with Gasteiger partial charge in [-0.2, -0.15) is 5.26 Å². The molecule has 4 heterocycles. The summed E-state index contributed by atoms with van der Waals surface area (Å²) < 4.78 is 21.3. The van der Waals surface area contributed by atoms with Gasteiger partial charge in [-0.1, -0.05) is 24.6 Å². The molecule has 2 aliphatic rings. The minimum absolute atomic E-state index is 0.00322. The van der Waals surface area contributed by atoms with Crippen molar-refractivity contribution < 1.29 is 9.13 Å². The normalized spacial score (nSPS) is 20.9. The number of aromatic nitrogens is 2. The van der Waals surface area contributed by atoms with Crippen molar-refractivity contribution in [1.29, 1.82) is 5.26 Å². The first-order valence-corrected chi connectivity index (χ1v) is 11.8. The third-order valence-corrected chi connectivity index (χ3v) is 7.42. The molecule has 1 aromatic carbocycles. The number of halogens is 2. The minimum Gasteiger partial charge on any atom is -0.484 e. The molecule has 7 nitrogen and oxygen atoms in total. The molecule has 1 saturated heterocycles. The number of nitriles is 1. The first-order chi connectivity index (χ1) is 16.3. The molecule has 9 heteroatoms. The van der Waals surface area contributed by atoms with Gasteiger partial charge in [0.05, 0.1) is 16.6 Å². The molecule has 1 fully saturated rings. The van der Waals surface area contributed by atoms with E-state index in [0.717, 1.165) is 12.0 Å². The van der Waals surface area contributed by atoms with Crippen LogP contribution >= 0.6 is 11.6 Å². The lowest BCUT2D eigenvalue weighted by Gasteiger charge is -2.51. The number of anilines is 1. The zero-order chi connectivity index (χ0) is 24.1. The Kier molecular flexibility index (Phi) is 5.70. The van der Waals surface area contributed by atoms with Crippen LogP contribution in [-0.4, -0.2) is 46.2 Å². The van der Waals surface area contributed by atoms with E-state index in [1.807, 2.05) is 0 Å². The molecule has 3 aromatic rings. The molecule has 0 saturated carbocycles. The van der Waals surface area contributed by atoms with Gasteiger partial charge in [0.2, 0.25) is 5.75 Å². The standard InChI is InChI=1S/C25H25ClFN5O2/c1-4-17-11-32-18(12-31(17)14(2)15-5-7-20(27)19(26)9-15)13-34-24-23(32)22-21(30(3)25(24)33)8-6-16(10-28)29-22/h5-9,14,17-18H,4,11-13H2,1-3H3/t14-,17+,18-/m0/s1. The number of fused-ring (bicyclic) bond motifs is 5. The molecule has 5 rings (SSSR count). The van der Waals surface area contributed by atoms with Crippen LogP contribution in [0.15, 0.2) is 35.1 Å². The van der Waals surface area contributed by atoms with Crippen molar-refractivity contribution in [2.24, 2.45) is 7.05 Å². The van der Waals surface area contributed by atoms with E-state index in [1.165, 1.54) is 10.6 Å². The van der Waals surface area contributed by atoms with E-state index >= 15 is 0 Å². The third-order valence-electron chi connectivity index (χ3n) is 7.13. The lowest BCUT2D eigenvalue weighted by atomic mass is 9.97. The number of pyridine rings is 2. The van der Waals surface area contributed by atoms with Crippen molar-refractivity contribution in [2.45, 2.75) is 38.4 Å². The molecule has 0 bridgehead atoms. The Bertz CT molecular complexity index is 1380.